The number of fused-ring (bicyclic) bond motifs is 2. The lowest BCUT2D eigenvalue weighted by molar-refractivity contribution is 0.221. The smallest absolute Gasteiger partial charge is 0.220 e. The normalized spacial score (nSPS) is 16.9. The van der Waals surface area contributed by atoms with Crippen molar-refractivity contribution >= 4 is 27.5 Å². The fourth-order valence-electron chi connectivity index (χ4n) is 3.24. The molecule has 4 rings (SSSR count). The van der Waals surface area contributed by atoms with E-state index in [-0.39, 0.29) is 0 Å². The molecule has 2 aromatic heterocycles. The molecule has 118 valence electrons. The molecule has 23 heavy (non-hydrogen) atoms. The van der Waals surface area contributed by atoms with Gasteiger partial charge in [0.2, 0.25) is 5.95 Å². The van der Waals surface area contributed by atoms with Crippen molar-refractivity contribution in [3.05, 3.63) is 46.7 Å². The Morgan fingerprint density at radius 3 is 3.00 bits per heavy atom. The van der Waals surface area contributed by atoms with E-state index in [2.05, 4.69) is 45.0 Å². The van der Waals surface area contributed by atoms with Gasteiger partial charge in [-0.2, -0.15) is 0 Å². The van der Waals surface area contributed by atoms with Gasteiger partial charge < -0.3 is 5.73 Å². The first kappa shape index (κ1) is 14.5. The Bertz CT molecular complexity index is 844. The van der Waals surface area contributed by atoms with E-state index in [0.717, 1.165) is 37.1 Å². The number of nitrogens with two attached hydrogens (primary N) is 1. The lowest BCUT2D eigenvalue weighted by Crippen LogP contribution is -2.29. The molecule has 6 heteroatoms. The van der Waals surface area contributed by atoms with Crippen molar-refractivity contribution < 1.29 is 0 Å². The molecule has 0 aliphatic carbocycles. The number of benzene rings is 1. The Hall–Kier alpha value is -2.05. The zero-order valence-electron chi connectivity index (χ0n) is 13.1. The van der Waals surface area contributed by atoms with Gasteiger partial charge in [-0.05, 0) is 36.6 Å². The second-order valence-corrected chi connectivity index (χ2v) is 6.88. The molecule has 5 nitrogen and oxygen atoms in total. The van der Waals surface area contributed by atoms with E-state index in [0.29, 0.717) is 12.0 Å². The summed E-state index contributed by atoms with van der Waals surface area (Å²) in [6.07, 6.45) is 3.78. The van der Waals surface area contributed by atoms with E-state index in [1.807, 2.05) is 11.7 Å². The van der Waals surface area contributed by atoms with Crippen LogP contribution >= 0.6 is 11.3 Å². The molecule has 1 aromatic carbocycles. The van der Waals surface area contributed by atoms with Gasteiger partial charge in [0.1, 0.15) is 0 Å². The summed E-state index contributed by atoms with van der Waals surface area (Å²) in [6, 6.07) is 6.98. The van der Waals surface area contributed by atoms with Crippen molar-refractivity contribution in [1.82, 2.24) is 19.9 Å². The van der Waals surface area contributed by atoms with Gasteiger partial charge in [-0.1, -0.05) is 6.07 Å². The van der Waals surface area contributed by atoms with Gasteiger partial charge in [0.05, 0.1) is 21.4 Å². The maximum atomic E-state index is 5.72. The molecule has 0 bridgehead atoms. The molecule has 0 saturated heterocycles. The predicted octanol–water partition coefficient (Wildman–Crippen LogP) is 2.83. The molecule has 0 saturated carbocycles. The zero-order chi connectivity index (χ0) is 15.8. The minimum Gasteiger partial charge on any atom is -0.368 e. The maximum Gasteiger partial charge on any atom is 0.220 e. The topological polar surface area (TPSA) is 67.9 Å². The Labute approximate surface area is 139 Å². The monoisotopic (exact) mass is 325 g/mol. The Kier molecular flexibility index (Phi) is 3.71. The molecular weight excluding hydrogens is 306 g/mol. The minimum atomic E-state index is 0.362. The SMILES string of the molecule is C[C@@H](c1ccc2scnc2c1)N1CCc2cnc(N)nc2CC1. The highest BCUT2D eigenvalue weighted by atomic mass is 32.1. The lowest BCUT2D eigenvalue weighted by Gasteiger charge is -2.27. The predicted molar refractivity (Wildman–Crippen MR) is 93.5 cm³/mol. The van der Waals surface area contributed by atoms with E-state index < -0.39 is 0 Å². The summed E-state index contributed by atoms with van der Waals surface area (Å²) in [5, 5.41) is 0. The first-order chi connectivity index (χ1) is 11.2. The van der Waals surface area contributed by atoms with Crippen LogP contribution in [-0.2, 0) is 12.8 Å². The standard InChI is InChI=1S/C17H19N5S/c1-11(12-2-3-16-15(8-12)20-10-23-16)22-6-4-13-9-19-17(18)21-14(13)5-7-22/h2-3,8-11H,4-7H2,1H3,(H2,18,19,21)/t11-/m0/s1. The third-order valence-electron chi connectivity index (χ3n) is 4.66. The fraction of sp³-hybridized carbons (Fsp3) is 0.353. The third kappa shape index (κ3) is 2.80. The highest BCUT2D eigenvalue weighted by Crippen LogP contribution is 2.27. The summed E-state index contributed by atoms with van der Waals surface area (Å²) in [5.41, 5.74) is 12.4. The summed E-state index contributed by atoms with van der Waals surface area (Å²) < 4.78 is 1.25. The largest absolute Gasteiger partial charge is 0.368 e. The van der Waals surface area contributed by atoms with Gasteiger partial charge in [-0.3, -0.25) is 4.90 Å². The fourth-order valence-corrected chi connectivity index (χ4v) is 3.90. The van der Waals surface area contributed by atoms with Gasteiger partial charge in [0.25, 0.3) is 0 Å². The number of hydrogen-bond donors (Lipinski definition) is 1. The second kappa shape index (κ2) is 5.86. The molecule has 1 atom stereocenters. The molecular formula is C17H19N5S. The molecule has 0 spiro atoms. The van der Waals surface area contributed by atoms with Crippen LogP contribution in [-0.4, -0.2) is 32.9 Å². The van der Waals surface area contributed by atoms with Crippen molar-refractivity contribution in [2.24, 2.45) is 0 Å². The summed E-state index contributed by atoms with van der Waals surface area (Å²) in [6.45, 7) is 4.26. The molecule has 2 N–H and O–H groups in total. The van der Waals surface area contributed by atoms with Crippen LogP contribution in [0, 0.1) is 0 Å². The first-order valence-electron chi connectivity index (χ1n) is 7.88. The number of hydrogen-bond acceptors (Lipinski definition) is 6. The van der Waals surface area contributed by atoms with Crippen LogP contribution in [0.1, 0.15) is 29.8 Å². The Morgan fingerprint density at radius 2 is 2.09 bits per heavy atom. The lowest BCUT2D eigenvalue weighted by atomic mass is 10.1. The number of aromatic nitrogens is 3. The highest BCUT2D eigenvalue weighted by molar-refractivity contribution is 7.16. The zero-order valence-corrected chi connectivity index (χ0v) is 13.9. The Balaban J connectivity index is 1.56. The van der Waals surface area contributed by atoms with E-state index in [4.69, 9.17) is 5.73 Å². The van der Waals surface area contributed by atoms with Crippen molar-refractivity contribution in [2.75, 3.05) is 18.8 Å². The van der Waals surface area contributed by atoms with Crippen molar-refractivity contribution in [1.29, 1.82) is 0 Å². The van der Waals surface area contributed by atoms with Crippen LogP contribution in [0.5, 0.6) is 0 Å². The summed E-state index contributed by atoms with van der Waals surface area (Å²) in [4.78, 5) is 15.5. The van der Waals surface area contributed by atoms with Gasteiger partial charge in [-0.25, -0.2) is 15.0 Å². The number of thiazole rings is 1. The van der Waals surface area contributed by atoms with E-state index in [1.54, 1.807) is 11.3 Å². The molecule has 0 radical (unpaired) electrons. The molecule has 3 heterocycles. The molecule has 1 aliphatic rings. The quantitative estimate of drug-likeness (QED) is 0.785. The highest BCUT2D eigenvalue weighted by Gasteiger charge is 2.21. The van der Waals surface area contributed by atoms with Gasteiger partial charge >= 0.3 is 0 Å². The van der Waals surface area contributed by atoms with Gasteiger partial charge in [0.15, 0.2) is 0 Å². The molecule has 0 fully saturated rings. The molecule has 0 amide bonds. The number of anilines is 1. The van der Waals surface area contributed by atoms with Gasteiger partial charge in [-0.15, -0.1) is 11.3 Å². The third-order valence-corrected chi connectivity index (χ3v) is 5.47. The average Bonchev–Trinajstić information content (AvgIpc) is 2.93. The second-order valence-electron chi connectivity index (χ2n) is 5.99. The van der Waals surface area contributed by atoms with Crippen molar-refractivity contribution in [3.63, 3.8) is 0 Å². The average molecular weight is 325 g/mol. The van der Waals surface area contributed by atoms with E-state index in [9.17, 15) is 0 Å². The van der Waals surface area contributed by atoms with Gasteiger partial charge in [0, 0.05) is 31.7 Å². The van der Waals surface area contributed by atoms with Crippen molar-refractivity contribution in [2.45, 2.75) is 25.8 Å². The molecule has 1 aliphatic heterocycles. The van der Waals surface area contributed by atoms with Crippen LogP contribution in [0.3, 0.4) is 0 Å². The number of rotatable bonds is 2. The summed E-state index contributed by atoms with van der Waals surface area (Å²) >= 11 is 1.69. The maximum absolute atomic E-state index is 5.72. The number of nitrogens with zero attached hydrogens (tertiary/aromatic N) is 4. The first-order valence-corrected chi connectivity index (χ1v) is 8.76. The number of nitrogen functional groups attached to an aromatic ring is 1. The minimum absolute atomic E-state index is 0.362. The van der Waals surface area contributed by atoms with Crippen molar-refractivity contribution in [3.8, 4) is 0 Å². The van der Waals surface area contributed by atoms with E-state index >= 15 is 0 Å². The van der Waals surface area contributed by atoms with Crippen LogP contribution < -0.4 is 5.73 Å². The summed E-state index contributed by atoms with van der Waals surface area (Å²) in [5.74, 6) is 0.374. The van der Waals surface area contributed by atoms with E-state index in [1.165, 1.54) is 15.8 Å². The summed E-state index contributed by atoms with van der Waals surface area (Å²) in [7, 11) is 0. The van der Waals surface area contributed by atoms with Crippen LogP contribution in [0.4, 0.5) is 5.95 Å². The Morgan fingerprint density at radius 1 is 1.22 bits per heavy atom. The van der Waals surface area contributed by atoms with Crippen LogP contribution in [0.15, 0.2) is 29.9 Å². The van der Waals surface area contributed by atoms with Crippen LogP contribution in [0.25, 0.3) is 10.2 Å². The van der Waals surface area contributed by atoms with Crippen LogP contribution in [0.2, 0.25) is 0 Å². The molecule has 0 unspecified atom stereocenters. The molecule has 3 aromatic rings.